The monoisotopic (exact) mass is 375 g/mol. The van der Waals surface area contributed by atoms with Crippen LogP contribution in [0, 0.1) is 0 Å². The Morgan fingerprint density at radius 3 is 2.79 bits per heavy atom. The molecule has 1 aliphatic heterocycles. The second-order valence-electron chi connectivity index (χ2n) is 7.23. The Kier molecular flexibility index (Phi) is 5.77. The Labute approximate surface area is 165 Å². The lowest BCUT2D eigenvalue weighted by molar-refractivity contribution is 0.0904. The third-order valence-electron chi connectivity index (χ3n) is 5.24. The van der Waals surface area contributed by atoms with Gasteiger partial charge in [-0.3, -0.25) is 9.89 Å². The first-order valence-corrected chi connectivity index (χ1v) is 9.81. The van der Waals surface area contributed by atoms with Crippen LogP contribution in [0.25, 0.3) is 11.4 Å². The van der Waals surface area contributed by atoms with E-state index in [-0.39, 0.29) is 11.9 Å². The smallest absolute Gasteiger partial charge is 0.252 e. The topological polar surface area (TPSA) is 73.9 Å². The van der Waals surface area contributed by atoms with E-state index >= 15 is 0 Å². The third kappa shape index (κ3) is 4.46. The Hall–Kier alpha value is -2.99. The van der Waals surface area contributed by atoms with Crippen LogP contribution < -0.4 is 5.32 Å². The second-order valence-corrected chi connectivity index (χ2v) is 7.23. The van der Waals surface area contributed by atoms with Crippen LogP contribution in [0.4, 0.5) is 0 Å². The van der Waals surface area contributed by atoms with E-state index in [1.165, 1.54) is 11.9 Å². The van der Waals surface area contributed by atoms with Gasteiger partial charge in [0, 0.05) is 24.7 Å². The first-order valence-electron chi connectivity index (χ1n) is 9.81. The van der Waals surface area contributed by atoms with Crippen molar-refractivity contribution in [1.82, 2.24) is 25.4 Å². The maximum atomic E-state index is 12.9. The molecule has 1 aliphatic rings. The lowest BCUT2D eigenvalue weighted by Crippen LogP contribution is -2.48. The van der Waals surface area contributed by atoms with Crippen LogP contribution >= 0.6 is 0 Å². The zero-order valence-electron chi connectivity index (χ0n) is 15.8. The summed E-state index contributed by atoms with van der Waals surface area (Å²) in [4.78, 5) is 19.6. The van der Waals surface area contributed by atoms with E-state index in [1.54, 1.807) is 0 Å². The molecule has 0 aliphatic carbocycles. The van der Waals surface area contributed by atoms with Crippen molar-refractivity contribution < 1.29 is 4.79 Å². The molecule has 0 bridgehead atoms. The van der Waals surface area contributed by atoms with Gasteiger partial charge in [-0.05, 0) is 37.4 Å². The van der Waals surface area contributed by atoms with E-state index in [9.17, 15) is 4.79 Å². The van der Waals surface area contributed by atoms with Crippen LogP contribution in [-0.2, 0) is 6.42 Å². The molecule has 1 unspecified atom stereocenters. The molecule has 6 heteroatoms. The zero-order valence-corrected chi connectivity index (χ0v) is 15.8. The summed E-state index contributed by atoms with van der Waals surface area (Å²) in [6.07, 6.45) is 4.60. The van der Waals surface area contributed by atoms with Crippen LogP contribution in [0.15, 0.2) is 60.9 Å². The lowest BCUT2D eigenvalue weighted by Gasteiger charge is -2.33. The molecule has 1 aromatic heterocycles. The fraction of sp³-hybridized carbons (Fsp3) is 0.318. The van der Waals surface area contributed by atoms with Gasteiger partial charge in [0.15, 0.2) is 5.82 Å². The maximum Gasteiger partial charge on any atom is 0.252 e. The average molecular weight is 375 g/mol. The van der Waals surface area contributed by atoms with Crippen LogP contribution in [0.5, 0.6) is 0 Å². The van der Waals surface area contributed by atoms with Gasteiger partial charge < -0.3 is 10.2 Å². The van der Waals surface area contributed by atoms with Crippen molar-refractivity contribution in [3.8, 4) is 11.4 Å². The molecular formula is C22H25N5O. The summed E-state index contributed by atoms with van der Waals surface area (Å²) in [6.45, 7) is 3.00. The van der Waals surface area contributed by atoms with E-state index in [0.29, 0.717) is 11.4 Å². The molecule has 2 N–H and O–H groups in total. The number of hydrogen-bond acceptors (Lipinski definition) is 4. The summed E-state index contributed by atoms with van der Waals surface area (Å²) in [5, 5.41) is 9.96. The summed E-state index contributed by atoms with van der Waals surface area (Å²) >= 11 is 0. The molecule has 144 valence electrons. The van der Waals surface area contributed by atoms with Crippen LogP contribution in [0.2, 0.25) is 0 Å². The summed E-state index contributed by atoms with van der Waals surface area (Å²) in [5.74, 6) is 0.556. The number of aromatic amines is 1. The van der Waals surface area contributed by atoms with Gasteiger partial charge in [0.05, 0.1) is 5.56 Å². The number of carbonyl (C=O) groups is 1. The van der Waals surface area contributed by atoms with Gasteiger partial charge in [0.1, 0.15) is 6.33 Å². The molecule has 6 nitrogen and oxygen atoms in total. The van der Waals surface area contributed by atoms with Gasteiger partial charge in [-0.15, -0.1) is 0 Å². The number of nitrogens with zero attached hydrogens (tertiary/aromatic N) is 3. The molecule has 1 atom stereocenters. The van der Waals surface area contributed by atoms with Crippen molar-refractivity contribution in [1.29, 1.82) is 0 Å². The molecule has 0 spiro atoms. The SMILES string of the molecule is O=C(NC1CCCN(CCc2ccccc2)C1)c1ccccc1-c1ncn[nH]1. The second kappa shape index (κ2) is 8.80. The number of likely N-dealkylation sites (tertiary alicyclic amines) is 1. The predicted octanol–water partition coefficient (Wildman–Crippen LogP) is 2.91. The van der Waals surface area contributed by atoms with Gasteiger partial charge in [-0.2, -0.15) is 5.10 Å². The van der Waals surface area contributed by atoms with Gasteiger partial charge in [0.2, 0.25) is 0 Å². The zero-order chi connectivity index (χ0) is 19.2. The standard InChI is InChI=1S/C22H25N5O/c28-22(20-11-5-4-10-19(20)21-23-16-24-26-21)25-18-9-6-13-27(15-18)14-12-17-7-2-1-3-8-17/h1-5,7-8,10-11,16,18H,6,9,12-15H2,(H,25,28)(H,23,24,26). The Balaban J connectivity index is 1.37. The van der Waals surface area contributed by atoms with Gasteiger partial charge in [0.25, 0.3) is 5.91 Å². The highest BCUT2D eigenvalue weighted by molar-refractivity contribution is 6.00. The highest BCUT2D eigenvalue weighted by Crippen LogP contribution is 2.20. The third-order valence-corrected chi connectivity index (χ3v) is 5.24. The largest absolute Gasteiger partial charge is 0.348 e. The van der Waals surface area contributed by atoms with Crippen molar-refractivity contribution >= 4 is 5.91 Å². The van der Waals surface area contributed by atoms with Crippen molar-refractivity contribution in [2.75, 3.05) is 19.6 Å². The minimum absolute atomic E-state index is 0.0538. The van der Waals surface area contributed by atoms with E-state index in [2.05, 4.69) is 49.7 Å². The fourth-order valence-electron chi connectivity index (χ4n) is 3.79. The summed E-state index contributed by atoms with van der Waals surface area (Å²) in [7, 11) is 0. The molecule has 2 heterocycles. The Morgan fingerprint density at radius 1 is 1.14 bits per heavy atom. The molecule has 2 aromatic carbocycles. The van der Waals surface area contributed by atoms with Crippen molar-refractivity contribution in [2.24, 2.45) is 0 Å². The molecule has 4 rings (SSSR count). The fourth-order valence-corrected chi connectivity index (χ4v) is 3.79. The van der Waals surface area contributed by atoms with Crippen LogP contribution in [0.1, 0.15) is 28.8 Å². The average Bonchev–Trinajstić information content (AvgIpc) is 3.28. The molecule has 0 radical (unpaired) electrons. The van der Waals surface area contributed by atoms with E-state index in [1.807, 2.05) is 30.3 Å². The number of hydrogen-bond donors (Lipinski definition) is 2. The van der Waals surface area contributed by atoms with Gasteiger partial charge >= 0.3 is 0 Å². The first kappa shape index (κ1) is 18.4. The summed E-state index contributed by atoms with van der Waals surface area (Å²) < 4.78 is 0. The molecule has 1 amide bonds. The normalized spacial score (nSPS) is 17.4. The van der Waals surface area contributed by atoms with Crippen molar-refractivity contribution in [2.45, 2.75) is 25.3 Å². The number of nitrogens with one attached hydrogen (secondary N) is 2. The number of carbonyl (C=O) groups excluding carboxylic acids is 1. The minimum Gasteiger partial charge on any atom is -0.348 e. The predicted molar refractivity (Wildman–Crippen MR) is 109 cm³/mol. The Bertz CT molecular complexity index is 894. The van der Waals surface area contributed by atoms with Crippen LogP contribution in [-0.4, -0.2) is 51.7 Å². The number of piperidine rings is 1. The van der Waals surface area contributed by atoms with Gasteiger partial charge in [-0.25, -0.2) is 4.98 Å². The van der Waals surface area contributed by atoms with Gasteiger partial charge in [-0.1, -0.05) is 48.5 Å². The number of amides is 1. The molecule has 0 saturated carbocycles. The van der Waals surface area contributed by atoms with Crippen molar-refractivity contribution in [3.05, 3.63) is 72.1 Å². The lowest BCUT2D eigenvalue weighted by atomic mass is 10.0. The summed E-state index contributed by atoms with van der Waals surface area (Å²) in [5.41, 5.74) is 2.75. The van der Waals surface area contributed by atoms with Crippen molar-refractivity contribution in [3.63, 3.8) is 0 Å². The number of H-pyrrole nitrogens is 1. The molecule has 28 heavy (non-hydrogen) atoms. The maximum absolute atomic E-state index is 12.9. The van der Waals surface area contributed by atoms with E-state index < -0.39 is 0 Å². The molecule has 1 saturated heterocycles. The minimum atomic E-state index is -0.0538. The molecule has 1 fully saturated rings. The number of rotatable bonds is 6. The summed E-state index contributed by atoms with van der Waals surface area (Å²) in [6, 6.07) is 18.2. The Morgan fingerprint density at radius 2 is 1.96 bits per heavy atom. The quantitative estimate of drug-likeness (QED) is 0.695. The van der Waals surface area contributed by atoms with E-state index in [0.717, 1.165) is 44.5 Å². The van der Waals surface area contributed by atoms with E-state index in [4.69, 9.17) is 0 Å². The first-order chi connectivity index (χ1) is 13.8. The van der Waals surface area contributed by atoms with Crippen LogP contribution in [0.3, 0.4) is 0 Å². The number of aromatic nitrogens is 3. The highest BCUT2D eigenvalue weighted by atomic mass is 16.1. The molecular weight excluding hydrogens is 350 g/mol. The highest BCUT2D eigenvalue weighted by Gasteiger charge is 2.23. The molecule has 3 aromatic rings. The number of benzene rings is 2.